The third kappa shape index (κ3) is 3.00. The molecular weight excluding hydrogens is 250 g/mol. The number of hydrogen-bond acceptors (Lipinski definition) is 4. The van der Waals surface area contributed by atoms with Crippen LogP contribution in [-0.2, 0) is 6.61 Å². The first-order valence-electron chi connectivity index (χ1n) is 5.95. The van der Waals surface area contributed by atoms with E-state index in [2.05, 4.69) is 4.98 Å². The molecule has 2 amide bonds. The number of hydrogen-bond donors (Lipinski definition) is 2. The van der Waals surface area contributed by atoms with E-state index in [0.717, 1.165) is 0 Å². The highest BCUT2D eigenvalue weighted by Crippen LogP contribution is 2.08. The van der Waals surface area contributed by atoms with E-state index in [0.29, 0.717) is 31.9 Å². The van der Waals surface area contributed by atoms with Gasteiger partial charge in [-0.2, -0.15) is 0 Å². The van der Waals surface area contributed by atoms with Crippen molar-refractivity contribution in [2.75, 3.05) is 26.2 Å². The molecule has 0 atom stereocenters. The molecule has 0 spiro atoms. The Kier molecular flexibility index (Phi) is 3.96. The number of aromatic nitrogens is 1. The maximum Gasteiger partial charge on any atom is 0.407 e. The highest BCUT2D eigenvalue weighted by atomic mass is 16.4. The third-order valence-electron chi connectivity index (χ3n) is 3.03. The summed E-state index contributed by atoms with van der Waals surface area (Å²) in [5.74, 6) is -0.236. The van der Waals surface area contributed by atoms with E-state index in [-0.39, 0.29) is 18.2 Å². The second-order valence-corrected chi connectivity index (χ2v) is 4.23. The van der Waals surface area contributed by atoms with Gasteiger partial charge in [0.25, 0.3) is 5.91 Å². The third-order valence-corrected chi connectivity index (χ3v) is 3.03. The average molecular weight is 265 g/mol. The van der Waals surface area contributed by atoms with Crippen LogP contribution in [0.15, 0.2) is 18.2 Å². The van der Waals surface area contributed by atoms with Gasteiger partial charge >= 0.3 is 6.09 Å². The van der Waals surface area contributed by atoms with E-state index in [1.807, 2.05) is 0 Å². The van der Waals surface area contributed by atoms with Gasteiger partial charge in [0.15, 0.2) is 0 Å². The summed E-state index contributed by atoms with van der Waals surface area (Å²) in [4.78, 5) is 29.8. The molecule has 0 unspecified atom stereocenters. The van der Waals surface area contributed by atoms with Crippen molar-refractivity contribution in [1.82, 2.24) is 14.8 Å². The molecule has 1 aliphatic rings. The monoisotopic (exact) mass is 265 g/mol. The fourth-order valence-electron chi connectivity index (χ4n) is 1.95. The molecular formula is C12H15N3O4. The summed E-state index contributed by atoms with van der Waals surface area (Å²) in [5, 5.41) is 17.8. The summed E-state index contributed by atoms with van der Waals surface area (Å²) < 4.78 is 0. The molecule has 2 rings (SSSR count). The van der Waals surface area contributed by atoms with Crippen LogP contribution in [0.5, 0.6) is 0 Å². The Balaban J connectivity index is 2.02. The number of nitrogens with zero attached hydrogens (tertiary/aromatic N) is 3. The molecule has 0 aliphatic carbocycles. The lowest BCUT2D eigenvalue weighted by molar-refractivity contribution is 0.0619. The molecule has 1 aromatic rings. The number of pyridine rings is 1. The zero-order valence-electron chi connectivity index (χ0n) is 10.3. The standard InChI is InChI=1S/C12H15N3O4/c16-8-9-2-1-3-10(13-9)11(17)14-4-6-15(7-5-14)12(18)19/h1-3,16H,4-8H2,(H,18,19). The van der Waals surface area contributed by atoms with Crippen molar-refractivity contribution in [1.29, 1.82) is 0 Å². The highest BCUT2D eigenvalue weighted by Gasteiger charge is 2.25. The Labute approximate surface area is 110 Å². The minimum atomic E-state index is -0.965. The first kappa shape index (κ1) is 13.3. The molecule has 0 bridgehead atoms. The van der Waals surface area contributed by atoms with Crippen LogP contribution < -0.4 is 0 Å². The molecule has 1 fully saturated rings. The second-order valence-electron chi connectivity index (χ2n) is 4.23. The molecule has 0 radical (unpaired) electrons. The number of carbonyl (C=O) groups excluding carboxylic acids is 1. The largest absolute Gasteiger partial charge is 0.465 e. The molecule has 102 valence electrons. The van der Waals surface area contributed by atoms with E-state index in [4.69, 9.17) is 10.2 Å². The number of carboxylic acid groups (broad SMARTS) is 1. The quantitative estimate of drug-likeness (QED) is 0.785. The molecule has 0 aromatic carbocycles. The molecule has 2 heterocycles. The molecule has 0 saturated carbocycles. The lowest BCUT2D eigenvalue weighted by atomic mass is 10.2. The molecule has 1 aliphatic heterocycles. The molecule has 19 heavy (non-hydrogen) atoms. The zero-order chi connectivity index (χ0) is 13.8. The van der Waals surface area contributed by atoms with Gasteiger partial charge in [0.05, 0.1) is 12.3 Å². The number of rotatable bonds is 2. The lowest BCUT2D eigenvalue weighted by Crippen LogP contribution is -2.50. The SMILES string of the molecule is O=C(O)N1CCN(C(=O)c2cccc(CO)n2)CC1. The molecule has 2 N–H and O–H groups in total. The summed E-state index contributed by atoms with van der Waals surface area (Å²) in [6.45, 7) is 1.11. The Morgan fingerprint density at radius 3 is 2.37 bits per heavy atom. The minimum Gasteiger partial charge on any atom is -0.465 e. The highest BCUT2D eigenvalue weighted by molar-refractivity contribution is 5.92. The van der Waals surface area contributed by atoms with Gasteiger partial charge in [-0.15, -0.1) is 0 Å². The first-order valence-corrected chi connectivity index (χ1v) is 5.95. The van der Waals surface area contributed by atoms with E-state index < -0.39 is 6.09 Å². The number of aliphatic hydroxyl groups excluding tert-OH is 1. The maximum absolute atomic E-state index is 12.2. The van der Waals surface area contributed by atoms with Gasteiger partial charge in [0.1, 0.15) is 5.69 Å². The Morgan fingerprint density at radius 1 is 1.16 bits per heavy atom. The predicted molar refractivity (Wildman–Crippen MR) is 65.7 cm³/mol. The topological polar surface area (TPSA) is 94.0 Å². The summed E-state index contributed by atoms with van der Waals surface area (Å²) in [6.07, 6.45) is -0.965. The Bertz CT molecular complexity index is 484. The van der Waals surface area contributed by atoms with Crippen LogP contribution in [0, 0.1) is 0 Å². The van der Waals surface area contributed by atoms with Gasteiger partial charge in [-0.25, -0.2) is 9.78 Å². The van der Waals surface area contributed by atoms with Crippen LogP contribution in [0.3, 0.4) is 0 Å². The van der Waals surface area contributed by atoms with Crippen LogP contribution in [0.25, 0.3) is 0 Å². The number of amides is 2. The van der Waals surface area contributed by atoms with Crippen LogP contribution in [-0.4, -0.2) is 63.2 Å². The van der Waals surface area contributed by atoms with Gasteiger partial charge in [-0.1, -0.05) is 6.07 Å². The van der Waals surface area contributed by atoms with Gasteiger partial charge in [-0.05, 0) is 12.1 Å². The molecule has 1 aromatic heterocycles. The number of piperazine rings is 1. The van der Waals surface area contributed by atoms with Crippen LogP contribution in [0.2, 0.25) is 0 Å². The summed E-state index contributed by atoms with van der Waals surface area (Å²) in [6, 6.07) is 4.89. The first-order chi connectivity index (χ1) is 9.11. The van der Waals surface area contributed by atoms with Crippen molar-refractivity contribution in [3.05, 3.63) is 29.6 Å². The van der Waals surface area contributed by atoms with Crippen molar-refractivity contribution in [2.24, 2.45) is 0 Å². The van der Waals surface area contributed by atoms with Gasteiger partial charge < -0.3 is 20.0 Å². The van der Waals surface area contributed by atoms with Crippen LogP contribution in [0.1, 0.15) is 16.2 Å². The predicted octanol–water partition coefficient (Wildman–Crippen LogP) is 0.00970. The van der Waals surface area contributed by atoms with Crippen LogP contribution >= 0.6 is 0 Å². The smallest absolute Gasteiger partial charge is 0.407 e. The molecule has 1 saturated heterocycles. The van der Waals surface area contributed by atoms with Gasteiger partial charge in [0, 0.05) is 26.2 Å². The Morgan fingerprint density at radius 2 is 1.79 bits per heavy atom. The van der Waals surface area contributed by atoms with Gasteiger partial charge in [0.2, 0.25) is 0 Å². The zero-order valence-corrected chi connectivity index (χ0v) is 10.3. The Hall–Kier alpha value is -2.15. The van der Waals surface area contributed by atoms with E-state index in [9.17, 15) is 9.59 Å². The van der Waals surface area contributed by atoms with Crippen molar-refractivity contribution < 1.29 is 19.8 Å². The number of aliphatic hydroxyl groups is 1. The summed E-state index contributed by atoms with van der Waals surface area (Å²) in [7, 11) is 0. The van der Waals surface area contributed by atoms with Crippen molar-refractivity contribution in [3.8, 4) is 0 Å². The van der Waals surface area contributed by atoms with Crippen LogP contribution in [0.4, 0.5) is 4.79 Å². The molecule has 7 nitrogen and oxygen atoms in total. The molecule has 7 heteroatoms. The average Bonchev–Trinajstić information content (AvgIpc) is 2.46. The fraction of sp³-hybridized carbons (Fsp3) is 0.417. The minimum absolute atomic E-state index is 0.214. The summed E-state index contributed by atoms with van der Waals surface area (Å²) in [5.41, 5.74) is 0.713. The fourth-order valence-corrected chi connectivity index (χ4v) is 1.95. The van der Waals surface area contributed by atoms with Gasteiger partial charge in [-0.3, -0.25) is 4.79 Å². The summed E-state index contributed by atoms with van der Waals surface area (Å²) >= 11 is 0. The van der Waals surface area contributed by atoms with Crippen molar-refractivity contribution in [3.63, 3.8) is 0 Å². The van der Waals surface area contributed by atoms with Crippen molar-refractivity contribution >= 4 is 12.0 Å². The maximum atomic E-state index is 12.2. The normalized spacial score (nSPS) is 15.4. The lowest BCUT2D eigenvalue weighted by Gasteiger charge is -2.32. The number of carbonyl (C=O) groups is 2. The van der Waals surface area contributed by atoms with Crippen molar-refractivity contribution in [2.45, 2.75) is 6.61 Å². The van der Waals surface area contributed by atoms with E-state index >= 15 is 0 Å². The van der Waals surface area contributed by atoms with E-state index in [1.54, 1.807) is 23.1 Å². The van der Waals surface area contributed by atoms with E-state index in [1.165, 1.54) is 4.90 Å². The second kappa shape index (κ2) is 5.66.